The van der Waals surface area contributed by atoms with Crippen molar-refractivity contribution in [1.29, 1.82) is 0 Å². The van der Waals surface area contributed by atoms with E-state index in [9.17, 15) is 15.6 Å². The maximum absolute atomic E-state index is 10.1. The van der Waals surface area contributed by atoms with Crippen molar-refractivity contribution in [2.45, 2.75) is 246 Å². The average Bonchev–Trinajstić information content (AvgIpc) is 1.37. The number of aliphatic hydroxyl groups excluding tert-OH is 1. The quantitative estimate of drug-likeness (QED) is 0.0171. The van der Waals surface area contributed by atoms with Crippen LogP contribution < -0.4 is 32.4 Å². The Balaban J connectivity index is 0.000000249. The predicted octanol–water partition coefficient (Wildman–Crippen LogP) is 22.6. The summed E-state index contributed by atoms with van der Waals surface area (Å²) in [7, 11) is 0. The molecule has 0 heterocycles. The van der Waals surface area contributed by atoms with E-state index in [1.807, 2.05) is 78.9 Å². The van der Waals surface area contributed by atoms with Crippen LogP contribution in [-0.2, 0) is 29.6 Å². The van der Waals surface area contributed by atoms with Crippen molar-refractivity contribution >= 4 is 34.9 Å². The van der Waals surface area contributed by atoms with E-state index in [0.29, 0.717) is 87.2 Å². The third-order valence-corrected chi connectivity index (χ3v) is 28.4. The maximum Gasteiger partial charge on any atom is 0.125 e. The molecule has 20 atom stereocenters. The Bertz CT molecular complexity index is 3370. The van der Waals surface area contributed by atoms with Gasteiger partial charge in [-0.25, -0.2) is 9.78 Å². The summed E-state index contributed by atoms with van der Waals surface area (Å²) < 4.78 is 12.0. The number of ether oxygens (including phenoxy) is 2. The van der Waals surface area contributed by atoms with E-state index in [2.05, 4.69) is 107 Å². The molecule has 0 amide bonds. The second-order valence-electron chi connectivity index (χ2n) is 34.1. The van der Waals surface area contributed by atoms with Gasteiger partial charge in [0, 0.05) is 28.3 Å². The van der Waals surface area contributed by atoms with Crippen LogP contribution in [0.25, 0.3) is 12.2 Å². The average molecular weight is 1370 g/mol. The first-order valence-electron chi connectivity index (χ1n) is 38.2. The number of benzene rings is 4. The number of hydrogen-bond acceptors (Lipinski definition) is 11. The van der Waals surface area contributed by atoms with Gasteiger partial charge in [0.25, 0.3) is 0 Å². The van der Waals surface area contributed by atoms with Gasteiger partial charge in [-0.1, -0.05) is 165 Å². The zero-order valence-corrected chi connectivity index (χ0v) is 61.1. The lowest BCUT2D eigenvalue weighted by Gasteiger charge is -2.61. The van der Waals surface area contributed by atoms with Gasteiger partial charge in [-0.15, -0.1) is 0 Å². The van der Waals surface area contributed by atoms with E-state index in [4.69, 9.17) is 42.2 Å². The van der Waals surface area contributed by atoms with E-state index in [1.54, 1.807) is 17.7 Å². The monoisotopic (exact) mass is 1370 g/mol. The number of allylic oxidation sites excluding steroid dienone is 4. The van der Waals surface area contributed by atoms with Crippen LogP contribution in [-0.4, -0.2) is 27.8 Å². The molecule has 100 heavy (non-hydrogen) atoms. The largest absolute Gasteiger partial charge is 0.489 e. The van der Waals surface area contributed by atoms with Crippen LogP contribution >= 0.6 is 0 Å². The summed E-state index contributed by atoms with van der Waals surface area (Å²) in [5, 5.41) is 30.3. The van der Waals surface area contributed by atoms with Crippen molar-refractivity contribution in [2.24, 2.45) is 116 Å². The standard InChI is InChI=1S/C46H66N2O4.C40H58N2O3.3CH4/c1-7-33(29(2)3)11-8-30(4)40-14-15-41-39-13-12-36-25-34(18-20-45(36,5)42(39)19-21-46(40,41)6)44(52-50)17-10-31-9-16-43(35(22-31)27-49)51-28-32-23-37(47)26-38(48)24-32;1-25(2)26(3)35-13-14-36-34-12-9-30-22-29(16-18-39(30,4)37(34)17-19-40(35,36)5)38(45-43)15-8-27-6-10-33(11-7-27)44-24-28-20-31(41)23-32(42)21-28;;;/h8-12,16-17,22-24,26,29-30,33-34,39-42,44,49-50H,7,13-15,18-21,25,27-28,47-48H2,1-6H3;6-8,10-11,15,20-21,23,25-26,29-30,34-38,43H,9,12-14,16-19,22,24,41-42H2,1-5H3;3*1H4/b11-8+,17-10+;15-8+;;;. The van der Waals surface area contributed by atoms with Gasteiger partial charge < -0.3 is 37.5 Å². The fraction of sp³-hybridized carbons (Fsp3) is 0.640. The zero-order valence-electron chi connectivity index (χ0n) is 61.1. The Morgan fingerprint density at radius 1 is 0.530 bits per heavy atom. The van der Waals surface area contributed by atoms with Crippen LogP contribution in [0.1, 0.15) is 242 Å². The highest BCUT2D eigenvalue weighted by molar-refractivity contribution is 5.57. The zero-order chi connectivity index (χ0) is 69.1. The maximum atomic E-state index is 10.1. The molecule has 11 heteroatoms. The molecule has 7 fully saturated rings. The van der Waals surface area contributed by atoms with Crippen molar-refractivity contribution < 1.29 is 34.9 Å². The van der Waals surface area contributed by atoms with Gasteiger partial charge in [-0.05, 0) is 315 Å². The number of nitrogen functional groups attached to an aromatic ring is 4. The Kier molecular flexibility index (Phi) is 27.2. The molecular formula is C89H136N4O7. The van der Waals surface area contributed by atoms with Crippen molar-refractivity contribution in [3.63, 3.8) is 0 Å². The van der Waals surface area contributed by atoms with Crippen molar-refractivity contribution in [3.8, 4) is 11.5 Å². The molecule has 554 valence electrons. The van der Waals surface area contributed by atoms with E-state index < -0.39 is 6.10 Å². The molecular weight excluding hydrogens is 1240 g/mol. The molecule has 4 aromatic carbocycles. The molecule has 4 aromatic rings. The SMILES string of the molecule is C.C.C.CC(C)C(C)C1CCC2C3CCC4CC(C(/C=C/c5ccc(OCc6cc(N)cc(N)c6)cc5)OO)CCC4(C)C3CCC12C.CCC(/C=C/C(C)C1CCC2C3CC=C4CC(C(/C=C/c5ccc(OCc6cc(N)cc(N)c6)c(CO)c5)OO)CCC4(C)C3CCC12C)C(C)C. The molecule has 0 radical (unpaired) electrons. The lowest BCUT2D eigenvalue weighted by molar-refractivity contribution is -0.282. The summed E-state index contributed by atoms with van der Waals surface area (Å²) in [4.78, 5) is 10.3. The van der Waals surface area contributed by atoms with E-state index in [1.165, 1.54) is 83.5 Å². The van der Waals surface area contributed by atoms with Gasteiger partial charge in [0.05, 0.1) is 6.61 Å². The molecule has 11 N–H and O–H groups in total. The number of anilines is 4. The molecule has 12 rings (SSSR count). The van der Waals surface area contributed by atoms with Crippen LogP contribution in [0.2, 0.25) is 0 Å². The summed E-state index contributed by atoms with van der Waals surface area (Å²) in [5.41, 5.74) is 33.9. The molecule has 0 saturated heterocycles. The van der Waals surface area contributed by atoms with Crippen LogP contribution in [0, 0.1) is 116 Å². The minimum absolute atomic E-state index is 0. The topological polar surface area (TPSA) is 202 Å². The lowest BCUT2D eigenvalue weighted by atomic mass is 9.43. The minimum Gasteiger partial charge on any atom is -0.489 e. The van der Waals surface area contributed by atoms with Crippen LogP contribution in [0.5, 0.6) is 11.5 Å². The van der Waals surface area contributed by atoms with Gasteiger partial charge in [0.2, 0.25) is 0 Å². The van der Waals surface area contributed by atoms with E-state index >= 15 is 0 Å². The van der Waals surface area contributed by atoms with Crippen LogP contribution in [0.15, 0.2) is 115 Å². The first kappa shape index (κ1) is 80.1. The fourth-order valence-corrected chi connectivity index (χ4v) is 22.7. The molecule has 11 nitrogen and oxygen atoms in total. The third-order valence-electron chi connectivity index (χ3n) is 28.4. The molecule has 20 unspecified atom stereocenters. The smallest absolute Gasteiger partial charge is 0.125 e. The predicted molar refractivity (Wildman–Crippen MR) is 420 cm³/mol. The summed E-state index contributed by atoms with van der Waals surface area (Å²) in [5.74, 6) is 13.1. The molecule has 8 aliphatic carbocycles. The molecule has 0 aromatic heterocycles. The Morgan fingerprint density at radius 2 is 1.07 bits per heavy atom. The van der Waals surface area contributed by atoms with E-state index in [-0.39, 0.29) is 46.3 Å². The lowest BCUT2D eigenvalue weighted by Crippen LogP contribution is -2.54. The second kappa shape index (κ2) is 33.9. The summed E-state index contributed by atoms with van der Waals surface area (Å²) in [6.45, 7) is 28.1. The first-order valence-corrected chi connectivity index (χ1v) is 38.2. The molecule has 0 bridgehead atoms. The molecule has 8 aliphatic rings. The van der Waals surface area contributed by atoms with Crippen molar-refractivity contribution in [1.82, 2.24) is 0 Å². The summed E-state index contributed by atoms with van der Waals surface area (Å²) in [6, 6.07) is 24.7. The number of fused-ring (bicyclic) bond motifs is 10. The van der Waals surface area contributed by atoms with Crippen molar-refractivity contribution in [3.05, 3.63) is 143 Å². The number of aliphatic hydroxyl groups is 1. The highest BCUT2D eigenvalue weighted by Gasteiger charge is 2.62. The minimum atomic E-state index is -0.395. The number of rotatable bonds is 22. The van der Waals surface area contributed by atoms with Gasteiger partial charge >= 0.3 is 0 Å². The van der Waals surface area contributed by atoms with Crippen LogP contribution in [0.4, 0.5) is 22.7 Å². The molecule has 7 saturated carbocycles. The highest BCUT2D eigenvalue weighted by atomic mass is 17.1. The highest BCUT2D eigenvalue weighted by Crippen LogP contribution is 2.70. The third kappa shape index (κ3) is 16.8. The van der Waals surface area contributed by atoms with Gasteiger partial charge in [-0.3, -0.25) is 10.5 Å². The van der Waals surface area contributed by atoms with Crippen LogP contribution in [0.3, 0.4) is 0 Å². The number of nitrogens with two attached hydrogens (primary N) is 4. The van der Waals surface area contributed by atoms with Gasteiger partial charge in [0.1, 0.15) is 36.9 Å². The molecule has 0 aliphatic heterocycles. The fourth-order valence-electron chi connectivity index (χ4n) is 22.7. The molecule has 0 spiro atoms. The first-order chi connectivity index (χ1) is 46.4. The Morgan fingerprint density at radius 3 is 1.67 bits per heavy atom. The second-order valence-corrected chi connectivity index (χ2v) is 34.1. The summed E-state index contributed by atoms with van der Waals surface area (Å²) >= 11 is 0. The van der Waals surface area contributed by atoms with Crippen molar-refractivity contribution in [2.75, 3.05) is 22.9 Å². The van der Waals surface area contributed by atoms with E-state index in [0.717, 1.165) is 125 Å². The normalized spacial score (nSPS) is 32.8. The van der Waals surface area contributed by atoms with Gasteiger partial charge in [0.15, 0.2) is 0 Å². The Hall–Kier alpha value is -5.56. The summed E-state index contributed by atoms with van der Waals surface area (Å²) in [6.07, 6.45) is 38.3. The Labute approximate surface area is 606 Å². The van der Waals surface area contributed by atoms with Gasteiger partial charge in [-0.2, -0.15) is 0 Å². The number of hydrogen-bond donors (Lipinski definition) is 7.